The predicted octanol–water partition coefficient (Wildman–Crippen LogP) is 4.46. The number of hydrogen-bond acceptors (Lipinski definition) is 2. The minimum Gasteiger partial charge on any atom is -0.370 e. The van der Waals surface area contributed by atoms with Gasteiger partial charge in [0.1, 0.15) is 0 Å². The van der Waals surface area contributed by atoms with Gasteiger partial charge in [0.2, 0.25) is 0 Å². The fourth-order valence-electron chi connectivity index (χ4n) is 2.73. The molecule has 0 spiro atoms. The lowest BCUT2D eigenvalue weighted by molar-refractivity contribution is 0.589. The van der Waals surface area contributed by atoms with E-state index in [4.69, 9.17) is 11.6 Å². The maximum Gasteiger partial charge on any atom is 0.0642 e. The van der Waals surface area contributed by atoms with E-state index in [2.05, 4.69) is 42.3 Å². The summed E-state index contributed by atoms with van der Waals surface area (Å²) in [5, 5.41) is 4.37. The van der Waals surface area contributed by atoms with Crippen LogP contribution in [0.5, 0.6) is 0 Å². The molecule has 2 fully saturated rings. The first-order chi connectivity index (χ1) is 10.1. The second-order valence-electron chi connectivity index (χ2n) is 7.11. The molecule has 21 heavy (non-hydrogen) atoms. The molecule has 1 aromatic carbocycles. The van der Waals surface area contributed by atoms with Gasteiger partial charge in [0.25, 0.3) is 0 Å². The molecule has 2 aliphatic rings. The predicted molar refractivity (Wildman–Crippen MR) is 91.1 cm³/mol. The van der Waals surface area contributed by atoms with Crippen LogP contribution in [0.3, 0.4) is 0 Å². The third kappa shape index (κ3) is 4.62. The normalized spacial score (nSPS) is 18.3. The van der Waals surface area contributed by atoms with Crippen LogP contribution in [0.4, 0.5) is 5.69 Å². The monoisotopic (exact) mass is 306 g/mol. The SMILES string of the molecule is CC(C)NCc1ccc(N(CC2CC2)CC2CC2)c(Cl)c1. The van der Waals surface area contributed by atoms with Crippen LogP contribution in [-0.4, -0.2) is 19.1 Å². The average molecular weight is 307 g/mol. The standard InChI is InChI=1S/C18H27ClN2/c1-13(2)20-10-16-7-8-18(17(19)9-16)21(11-14-3-4-14)12-15-5-6-15/h7-9,13-15,20H,3-6,10-12H2,1-2H3. The molecule has 0 atom stereocenters. The summed E-state index contributed by atoms with van der Waals surface area (Å²) in [7, 11) is 0. The highest BCUT2D eigenvalue weighted by Gasteiger charge is 2.30. The molecule has 2 aliphatic carbocycles. The number of rotatable bonds is 8. The Morgan fingerprint density at radius 1 is 1.14 bits per heavy atom. The first kappa shape index (κ1) is 15.2. The highest BCUT2D eigenvalue weighted by Crippen LogP contribution is 2.38. The van der Waals surface area contributed by atoms with Crippen molar-refractivity contribution in [3.05, 3.63) is 28.8 Å². The first-order valence-electron chi connectivity index (χ1n) is 8.38. The Kier molecular flexibility index (Phi) is 4.75. The molecule has 1 aromatic rings. The smallest absolute Gasteiger partial charge is 0.0642 e. The summed E-state index contributed by atoms with van der Waals surface area (Å²) in [6.07, 6.45) is 5.59. The summed E-state index contributed by atoms with van der Waals surface area (Å²) in [6, 6.07) is 7.09. The zero-order valence-corrected chi connectivity index (χ0v) is 14.0. The highest BCUT2D eigenvalue weighted by molar-refractivity contribution is 6.33. The molecule has 1 N–H and O–H groups in total. The Balaban J connectivity index is 1.68. The molecular weight excluding hydrogens is 280 g/mol. The topological polar surface area (TPSA) is 15.3 Å². The van der Waals surface area contributed by atoms with E-state index in [1.54, 1.807) is 0 Å². The summed E-state index contributed by atoms with van der Waals surface area (Å²) in [6.45, 7) is 7.62. The second-order valence-corrected chi connectivity index (χ2v) is 7.52. The number of nitrogens with zero attached hydrogens (tertiary/aromatic N) is 1. The minimum atomic E-state index is 0.504. The van der Waals surface area contributed by atoms with Gasteiger partial charge in [0.05, 0.1) is 10.7 Å². The van der Waals surface area contributed by atoms with Crippen molar-refractivity contribution in [3.8, 4) is 0 Å². The number of anilines is 1. The van der Waals surface area contributed by atoms with E-state index < -0.39 is 0 Å². The van der Waals surface area contributed by atoms with Crippen molar-refractivity contribution in [2.75, 3.05) is 18.0 Å². The van der Waals surface area contributed by atoms with Crippen LogP contribution >= 0.6 is 11.6 Å². The van der Waals surface area contributed by atoms with E-state index in [1.807, 2.05) is 0 Å². The van der Waals surface area contributed by atoms with Crippen LogP contribution in [0.15, 0.2) is 18.2 Å². The lowest BCUT2D eigenvalue weighted by Crippen LogP contribution is -2.28. The van der Waals surface area contributed by atoms with E-state index in [-0.39, 0.29) is 0 Å². The Morgan fingerprint density at radius 3 is 2.24 bits per heavy atom. The molecule has 116 valence electrons. The molecule has 0 unspecified atom stereocenters. The van der Waals surface area contributed by atoms with Crippen molar-refractivity contribution in [1.82, 2.24) is 5.32 Å². The summed E-state index contributed by atoms with van der Waals surface area (Å²) in [5.41, 5.74) is 2.51. The summed E-state index contributed by atoms with van der Waals surface area (Å²) in [5.74, 6) is 1.81. The highest BCUT2D eigenvalue weighted by atomic mass is 35.5. The zero-order chi connectivity index (χ0) is 14.8. The first-order valence-corrected chi connectivity index (χ1v) is 8.76. The van der Waals surface area contributed by atoms with E-state index in [0.29, 0.717) is 6.04 Å². The van der Waals surface area contributed by atoms with Gasteiger partial charge in [-0.1, -0.05) is 31.5 Å². The molecule has 0 heterocycles. The van der Waals surface area contributed by atoms with E-state index in [1.165, 1.54) is 50.0 Å². The summed E-state index contributed by atoms with van der Waals surface area (Å²) >= 11 is 6.58. The van der Waals surface area contributed by atoms with Crippen LogP contribution in [-0.2, 0) is 6.54 Å². The quantitative estimate of drug-likeness (QED) is 0.762. The molecule has 0 aromatic heterocycles. The van der Waals surface area contributed by atoms with Gasteiger partial charge in [-0.2, -0.15) is 0 Å². The van der Waals surface area contributed by atoms with Crippen molar-refractivity contribution in [2.45, 2.75) is 52.1 Å². The molecule has 0 radical (unpaired) electrons. The Bertz CT molecular complexity index is 464. The van der Waals surface area contributed by atoms with Gasteiger partial charge >= 0.3 is 0 Å². The van der Waals surface area contributed by atoms with E-state index in [9.17, 15) is 0 Å². The number of nitrogens with one attached hydrogen (secondary N) is 1. The second kappa shape index (κ2) is 6.58. The minimum absolute atomic E-state index is 0.504. The van der Waals surface area contributed by atoms with Crippen molar-refractivity contribution in [1.29, 1.82) is 0 Å². The van der Waals surface area contributed by atoms with Crippen molar-refractivity contribution in [2.24, 2.45) is 11.8 Å². The Morgan fingerprint density at radius 2 is 1.76 bits per heavy atom. The Hall–Kier alpha value is -0.730. The zero-order valence-electron chi connectivity index (χ0n) is 13.2. The van der Waals surface area contributed by atoms with Crippen LogP contribution in [0.1, 0.15) is 45.1 Å². The number of benzene rings is 1. The maximum atomic E-state index is 6.58. The van der Waals surface area contributed by atoms with Crippen molar-refractivity contribution < 1.29 is 0 Å². The fraction of sp³-hybridized carbons (Fsp3) is 0.667. The molecule has 2 nitrogen and oxygen atoms in total. The molecule has 0 bridgehead atoms. The van der Waals surface area contributed by atoms with E-state index in [0.717, 1.165) is 23.4 Å². The molecule has 3 rings (SSSR count). The van der Waals surface area contributed by atoms with Crippen LogP contribution in [0, 0.1) is 11.8 Å². The van der Waals surface area contributed by atoms with Gasteiger partial charge in [-0.3, -0.25) is 0 Å². The summed E-state index contributed by atoms with van der Waals surface area (Å²) in [4.78, 5) is 2.54. The molecule has 0 aliphatic heterocycles. The average Bonchev–Trinajstić information content (AvgIpc) is 3.31. The molecule has 3 heteroatoms. The van der Waals surface area contributed by atoms with Gasteiger partial charge in [-0.05, 0) is 55.2 Å². The van der Waals surface area contributed by atoms with Gasteiger partial charge in [-0.25, -0.2) is 0 Å². The van der Waals surface area contributed by atoms with Crippen molar-refractivity contribution in [3.63, 3.8) is 0 Å². The van der Waals surface area contributed by atoms with Gasteiger partial charge < -0.3 is 10.2 Å². The molecule has 2 saturated carbocycles. The lowest BCUT2D eigenvalue weighted by Gasteiger charge is -2.26. The summed E-state index contributed by atoms with van der Waals surface area (Å²) < 4.78 is 0. The molecule has 0 amide bonds. The van der Waals surface area contributed by atoms with Gasteiger partial charge in [-0.15, -0.1) is 0 Å². The fourth-order valence-corrected chi connectivity index (χ4v) is 3.06. The number of hydrogen-bond donors (Lipinski definition) is 1. The van der Waals surface area contributed by atoms with Gasteiger partial charge in [0, 0.05) is 25.7 Å². The van der Waals surface area contributed by atoms with Crippen LogP contribution < -0.4 is 10.2 Å². The van der Waals surface area contributed by atoms with E-state index >= 15 is 0 Å². The van der Waals surface area contributed by atoms with Gasteiger partial charge in [0.15, 0.2) is 0 Å². The van der Waals surface area contributed by atoms with Crippen molar-refractivity contribution >= 4 is 17.3 Å². The van der Waals surface area contributed by atoms with Crippen LogP contribution in [0.2, 0.25) is 5.02 Å². The number of halogens is 1. The largest absolute Gasteiger partial charge is 0.370 e. The molecule has 0 saturated heterocycles. The lowest BCUT2D eigenvalue weighted by atomic mass is 10.1. The Labute approximate surface area is 133 Å². The third-order valence-electron chi connectivity index (χ3n) is 4.42. The van der Waals surface area contributed by atoms with Crippen LogP contribution in [0.25, 0.3) is 0 Å². The third-order valence-corrected chi connectivity index (χ3v) is 4.72. The molecular formula is C18H27ClN2. The maximum absolute atomic E-state index is 6.58.